The zero-order chi connectivity index (χ0) is 24.4. The Balaban J connectivity index is 1.39. The van der Waals surface area contributed by atoms with Crippen LogP contribution in [0.4, 0.5) is 11.4 Å². The Kier molecular flexibility index (Phi) is 6.54. The van der Waals surface area contributed by atoms with Crippen LogP contribution in [0.1, 0.15) is 31.7 Å². The summed E-state index contributed by atoms with van der Waals surface area (Å²) in [6.45, 7) is 7.55. The molecule has 2 heterocycles. The highest BCUT2D eigenvalue weighted by Crippen LogP contribution is 2.40. The molecule has 2 aliphatic heterocycles. The van der Waals surface area contributed by atoms with E-state index in [2.05, 4.69) is 41.5 Å². The molecule has 1 atom stereocenters. The maximum atomic E-state index is 13.3. The summed E-state index contributed by atoms with van der Waals surface area (Å²) < 4.78 is 5.47. The third-order valence-corrected chi connectivity index (χ3v) is 7.29. The van der Waals surface area contributed by atoms with Crippen molar-refractivity contribution in [3.8, 4) is 11.1 Å². The molecule has 5 rings (SSSR count). The number of ether oxygens (including phenoxy) is 1. The molecule has 0 radical (unpaired) electrons. The smallest absolute Gasteiger partial charge is 0.231 e. The molecule has 0 spiro atoms. The number of nitrogens with zero attached hydrogens (tertiary/aromatic N) is 1. The van der Waals surface area contributed by atoms with Crippen LogP contribution >= 0.6 is 11.6 Å². The molecule has 0 aromatic heterocycles. The van der Waals surface area contributed by atoms with Crippen molar-refractivity contribution in [1.82, 2.24) is 10.2 Å². The monoisotopic (exact) mass is 487 g/mol. The van der Waals surface area contributed by atoms with Crippen molar-refractivity contribution in [2.45, 2.75) is 37.8 Å². The number of carbonyl (C=O) groups is 1. The van der Waals surface area contributed by atoms with E-state index in [-0.39, 0.29) is 11.9 Å². The number of halogens is 1. The van der Waals surface area contributed by atoms with Crippen molar-refractivity contribution in [2.75, 3.05) is 18.5 Å². The normalized spacial score (nSPS) is 21.0. The maximum Gasteiger partial charge on any atom is 0.231 e. The number of hydrogen-bond acceptors (Lipinski definition) is 4. The lowest BCUT2D eigenvalue weighted by Gasteiger charge is -2.46. The second-order valence-electron chi connectivity index (χ2n) is 9.43. The van der Waals surface area contributed by atoms with Gasteiger partial charge in [0.25, 0.3) is 0 Å². The van der Waals surface area contributed by atoms with Crippen LogP contribution in [-0.4, -0.2) is 30.1 Å². The van der Waals surface area contributed by atoms with Gasteiger partial charge >= 0.3 is 0 Å². The van der Waals surface area contributed by atoms with Crippen molar-refractivity contribution >= 4 is 28.9 Å². The van der Waals surface area contributed by atoms with E-state index in [1.54, 1.807) is 0 Å². The van der Waals surface area contributed by atoms with E-state index in [0.29, 0.717) is 30.5 Å². The highest BCUT2D eigenvalue weighted by molar-refractivity contribution is 6.34. The quantitative estimate of drug-likeness (QED) is 0.435. The second kappa shape index (κ2) is 9.76. The van der Waals surface area contributed by atoms with E-state index in [9.17, 15) is 4.79 Å². The van der Waals surface area contributed by atoms with Crippen molar-refractivity contribution in [3.05, 3.63) is 95.8 Å². The van der Waals surface area contributed by atoms with Crippen molar-refractivity contribution in [2.24, 2.45) is 0 Å². The highest BCUT2D eigenvalue weighted by atomic mass is 35.5. The topological polar surface area (TPSA) is 53.6 Å². The van der Waals surface area contributed by atoms with Crippen LogP contribution in [0.15, 0.2) is 85.2 Å². The number of hydrogen-bond donors (Lipinski definition) is 2. The van der Waals surface area contributed by atoms with E-state index in [4.69, 9.17) is 16.3 Å². The van der Waals surface area contributed by atoms with Crippen LogP contribution in [0.3, 0.4) is 0 Å². The van der Waals surface area contributed by atoms with E-state index < -0.39 is 5.54 Å². The molecule has 0 saturated carbocycles. The lowest BCUT2D eigenvalue weighted by molar-refractivity contribution is -0.137. The summed E-state index contributed by atoms with van der Waals surface area (Å²) in [6, 6.07) is 24.5. The van der Waals surface area contributed by atoms with Crippen LogP contribution in [0.25, 0.3) is 11.1 Å². The molecule has 180 valence electrons. The molecule has 2 fully saturated rings. The summed E-state index contributed by atoms with van der Waals surface area (Å²) in [5.41, 5.74) is 4.22. The van der Waals surface area contributed by atoms with Crippen LogP contribution in [-0.2, 0) is 15.1 Å². The zero-order valence-corrected chi connectivity index (χ0v) is 20.6. The third kappa shape index (κ3) is 4.79. The Labute approximate surface area is 211 Å². The molecule has 2 N–H and O–H groups in total. The van der Waals surface area contributed by atoms with Crippen LogP contribution in [0, 0.1) is 0 Å². The first-order valence-corrected chi connectivity index (χ1v) is 12.4. The van der Waals surface area contributed by atoms with Gasteiger partial charge in [-0.2, -0.15) is 0 Å². The summed E-state index contributed by atoms with van der Waals surface area (Å²) in [5, 5.41) is 7.57. The number of nitrogens with one attached hydrogen (secondary N) is 2. The number of anilines is 2. The first kappa shape index (κ1) is 23.5. The fraction of sp³-hybridized carbons (Fsp3) is 0.276. The van der Waals surface area contributed by atoms with Gasteiger partial charge in [0.2, 0.25) is 5.91 Å². The fourth-order valence-electron chi connectivity index (χ4n) is 5.11. The molecule has 3 aromatic rings. The van der Waals surface area contributed by atoms with Crippen molar-refractivity contribution < 1.29 is 9.53 Å². The van der Waals surface area contributed by atoms with Gasteiger partial charge < -0.3 is 15.4 Å². The van der Waals surface area contributed by atoms with Gasteiger partial charge in [0.15, 0.2) is 0 Å². The number of amides is 1. The largest absolute Gasteiger partial charge is 0.381 e. The minimum absolute atomic E-state index is 0.0631. The lowest BCUT2D eigenvalue weighted by atomic mass is 9.85. The Morgan fingerprint density at radius 3 is 2.49 bits per heavy atom. The predicted octanol–water partition coefficient (Wildman–Crippen LogP) is 6.44. The maximum absolute atomic E-state index is 13.3. The molecule has 0 bridgehead atoms. The average Bonchev–Trinajstić information content (AvgIpc) is 2.86. The Bertz CT molecular complexity index is 1220. The minimum Gasteiger partial charge on any atom is -0.381 e. The fourth-order valence-corrected chi connectivity index (χ4v) is 5.49. The van der Waals surface area contributed by atoms with Gasteiger partial charge in [0.1, 0.15) is 5.82 Å². The average molecular weight is 488 g/mol. The summed E-state index contributed by atoms with van der Waals surface area (Å²) in [4.78, 5) is 15.1. The van der Waals surface area contributed by atoms with Gasteiger partial charge in [0.05, 0.1) is 22.7 Å². The van der Waals surface area contributed by atoms with Gasteiger partial charge in [-0.1, -0.05) is 72.8 Å². The van der Waals surface area contributed by atoms with Gasteiger partial charge in [-0.05, 0) is 54.7 Å². The minimum atomic E-state index is -0.656. The number of benzene rings is 3. The molecule has 2 aliphatic rings. The molecular formula is C29H30ClN3O2. The molecule has 2 saturated heterocycles. The molecule has 3 aromatic carbocycles. The van der Waals surface area contributed by atoms with Crippen molar-refractivity contribution in [3.63, 3.8) is 0 Å². The first-order chi connectivity index (χ1) is 16.9. The molecule has 0 aliphatic carbocycles. The van der Waals surface area contributed by atoms with E-state index in [1.807, 2.05) is 60.4 Å². The van der Waals surface area contributed by atoms with Gasteiger partial charge in [-0.3, -0.25) is 9.69 Å². The Morgan fingerprint density at radius 2 is 1.74 bits per heavy atom. The Morgan fingerprint density at radius 1 is 1.03 bits per heavy atom. The lowest BCUT2D eigenvalue weighted by Crippen LogP contribution is -2.57. The molecular weight excluding hydrogens is 458 g/mol. The molecule has 5 nitrogen and oxygen atoms in total. The third-order valence-electron chi connectivity index (χ3n) is 6.88. The Hall–Kier alpha value is -3.28. The number of rotatable bonds is 5. The summed E-state index contributed by atoms with van der Waals surface area (Å²) >= 11 is 6.95. The molecule has 6 heteroatoms. The van der Waals surface area contributed by atoms with Crippen LogP contribution in [0.2, 0.25) is 5.02 Å². The van der Waals surface area contributed by atoms with Crippen LogP contribution < -0.4 is 10.6 Å². The highest BCUT2D eigenvalue weighted by Gasteiger charge is 2.42. The molecule has 1 amide bonds. The number of carbonyl (C=O) groups excluding carboxylic acids is 1. The van der Waals surface area contributed by atoms with Gasteiger partial charge in [0, 0.05) is 24.9 Å². The summed E-state index contributed by atoms with van der Waals surface area (Å²) in [6.07, 6.45) is 1.95. The van der Waals surface area contributed by atoms with Crippen molar-refractivity contribution in [1.29, 1.82) is 0 Å². The summed E-state index contributed by atoms with van der Waals surface area (Å²) in [5.74, 6) is 0.689. The molecule has 35 heavy (non-hydrogen) atoms. The zero-order valence-electron chi connectivity index (χ0n) is 19.9. The standard InChI is InChI=1S/C29H30ClN3O2/c1-20-32-29(2,19-27(34)33(20)24-14-16-35-17-15-24)25-12-7-13-26(28(25)30)31-23-11-6-10-22(18-23)21-8-4-3-5-9-21/h3-13,18,24,31-32H,1,14-17,19H2,2H3/t29-/m0/s1. The second-order valence-corrected chi connectivity index (χ2v) is 9.80. The van der Waals surface area contributed by atoms with Crippen LogP contribution in [0.5, 0.6) is 0 Å². The van der Waals surface area contributed by atoms with Gasteiger partial charge in [-0.25, -0.2) is 0 Å². The first-order valence-electron chi connectivity index (χ1n) is 12.0. The summed E-state index contributed by atoms with van der Waals surface area (Å²) in [7, 11) is 0. The van der Waals surface area contributed by atoms with E-state index in [1.165, 1.54) is 0 Å². The predicted molar refractivity (Wildman–Crippen MR) is 142 cm³/mol. The van der Waals surface area contributed by atoms with E-state index in [0.717, 1.165) is 40.9 Å². The SMILES string of the molecule is C=C1N[C@](C)(c2cccc(Nc3cccc(-c4ccccc4)c3)c2Cl)CC(=O)N1C1CCOCC1. The van der Waals surface area contributed by atoms with Gasteiger partial charge in [-0.15, -0.1) is 0 Å². The molecule has 0 unspecified atom stereocenters. The van der Waals surface area contributed by atoms with E-state index >= 15 is 0 Å².